The molecule has 0 spiro atoms. The van der Waals surface area contributed by atoms with E-state index in [1.807, 2.05) is 30.3 Å². The van der Waals surface area contributed by atoms with Gasteiger partial charge in [0.1, 0.15) is 12.4 Å². The van der Waals surface area contributed by atoms with Crippen LogP contribution in [0.15, 0.2) is 36.9 Å². The number of nitrogens with one attached hydrogen (secondary N) is 1. The quantitative estimate of drug-likeness (QED) is 0.806. The van der Waals surface area contributed by atoms with Gasteiger partial charge in [0.05, 0.1) is 19.3 Å². The molecule has 0 amide bonds. The molecule has 20 heavy (non-hydrogen) atoms. The molecular formula is C16H21NO3. The second kappa shape index (κ2) is 7.22. The molecule has 4 heteroatoms. The van der Waals surface area contributed by atoms with Gasteiger partial charge in [-0.25, -0.2) is 0 Å². The summed E-state index contributed by atoms with van der Waals surface area (Å²) in [4.78, 5) is 11.9. The molecule has 0 bridgehead atoms. The first-order chi connectivity index (χ1) is 9.70. The number of carbonyl (C=O) groups is 1. The Kier molecular flexibility index (Phi) is 5.32. The van der Waals surface area contributed by atoms with E-state index in [9.17, 15) is 4.79 Å². The first-order valence-corrected chi connectivity index (χ1v) is 6.90. The van der Waals surface area contributed by atoms with Gasteiger partial charge in [0, 0.05) is 6.54 Å². The van der Waals surface area contributed by atoms with E-state index in [2.05, 4.69) is 18.8 Å². The van der Waals surface area contributed by atoms with Crippen molar-refractivity contribution in [3.63, 3.8) is 0 Å². The van der Waals surface area contributed by atoms with Crippen LogP contribution >= 0.6 is 0 Å². The number of hydrogen-bond donors (Lipinski definition) is 1. The number of benzene rings is 1. The predicted octanol–water partition coefficient (Wildman–Crippen LogP) is 1.91. The number of morpholine rings is 1. The molecule has 1 aromatic rings. The summed E-state index contributed by atoms with van der Waals surface area (Å²) in [6, 6.07) is 7.51. The zero-order valence-corrected chi connectivity index (χ0v) is 11.8. The topological polar surface area (TPSA) is 47.6 Å². The van der Waals surface area contributed by atoms with Crippen LogP contribution in [0.3, 0.4) is 0 Å². The molecular weight excluding hydrogens is 254 g/mol. The van der Waals surface area contributed by atoms with Gasteiger partial charge in [-0.2, -0.15) is 0 Å². The fourth-order valence-corrected chi connectivity index (χ4v) is 2.03. The number of Topliss-reactive ketones (excluding diaryl/α,β-unsaturated/α-hetero) is 1. The number of rotatable bonds is 6. The largest absolute Gasteiger partial charge is 0.486 e. The summed E-state index contributed by atoms with van der Waals surface area (Å²) in [7, 11) is 0. The van der Waals surface area contributed by atoms with Gasteiger partial charge in [0.25, 0.3) is 0 Å². The van der Waals surface area contributed by atoms with Crippen molar-refractivity contribution in [2.75, 3.05) is 26.4 Å². The minimum absolute atomic E-state index is 0.0215. The van der Waals surface area contributed by atoms with Crippen LogP contribution in [0, 0.1) is 0 Å². The molecule has 0 aliphatic carbocycles. The number of carbonyl (C=O) groups excluding carboxylic acids is 1. The fourth-order valence-electron chi connectivity index (χ4n) is 2.03. The Morgan fingerprint density at radius 2 is 2.30 bits per heavy atom. The van der Waals surface area contributed by atoms with Crippen molar-refractivity contribution in [3.8, 4) is 5.75 Å². The second-order valence-electron chi connectivity index (χ2n) is 4.93. The molecule has 2 atom stereocenters. The van der Waals surface area contributed by atoms with Crippen LogP contribution in [0.1, 0.15) is 18.4 Å². The summed E-state index contributed by atoms with van der Waals surface area (Å²) >= 11 is 0. The summed E-state index contributed by atoms with van der Waals surface area (Å²) < 4.78 is 10.8. The summed E-state index contributed by atoms with van der Waals surface area (Å²) in [6.45, 7) is 7.73. The Balaban J connectivity index is 1.84. The smallest absolute Gasteiger partial charge is 0.189 e. The fraction of sp³-hybridized carbons (Fsp3) is 0.438. The molecule has 4 nitrogen and oxygen atoms in total. The maximum absolute atomic E-state index is 11.9. The predicted molar refractivity (Wildman–Crippen MR) is 78.2 cm³/mol. The average molecular weight is 275 g/mol. The van der Waals surface area contributed by atoms with Crippen LogP contribution in [0.4, 0.5) is 0 Å². The maximum atomic E-state index is 11.9. The summed E-state index contributed by atoms with van der Waals surface area (Å²) in [5.74, 6) is 1.04. The van der Waals surface area contributed by atoms with E-state index in [-0.39, 0.29) is 18.4 Å². The Morgan fingerprint density at radius 3 is 2.90 bits per heavy atom. The highest BCUT2D eigenvalue weighted by Crippen LogP contribution is 2.19. The molecule has 2 unspecified atom stereocenters. The molecule has 108 valence electrons. The summed E-state index contributed by atoms with van der Waals surface area (Å²) in [5.41, 5.74) is 1.18. The second-order valence-corrected chi connectivity index (χ2v) is 4.93. The Bertz CT molecular complexity index is 449. The standard InChI is InChI=1S/C16H21NO3/c1-3-12(2)13-4-6-14(7-5-13)20-11-16(18)15-10-19-9-8-17-15/h3-7,12,15,17H,1,8-11H2,2H3. The van der Waals surface area contributed by atoms with Gasteiger partial charge >= 0.3 is 0 Å². The van der Waals surface area contributed by atoms with Gasteiger partial charge in [-0.3, -0.25) is 4.79 Å². The Labute approximate surface area is 119 Å². The number of hydrogen-bond acceptors (Lipinski definition) is 4. The first kappa shape index (κ1) is 14.8. The highest BCUT2D eigenvalue weighted by Gasteiger charge is 2.21. The first-order valence-electron chi connectivity index (χ1n) is 6.90. The van der Waals surface area contributed by atoms with Gasteiger partial charge in [-0.1, -0.05) is 25.1 Å². The molecule has 1 N–H and O–H groups in total. The van der Waals surface area contributed by atoms with Crippen molar-refractivity contribution in [3.05, 3.63) is 42.5 Å². The molecule has 1 fully saturated rings. The SMILES string of the molecule is C=CC(C)c1ccc(OCC(=O)C2COCCN2)cc1. The number of allylic oxidation sites excluding steroid dienone is 1. The van der Waals surface area contributed by atoms with Crippen molar-refractivity contribution >= 4 is 5.78 Å². The van der Waals surface area contributed by atoms with Crippen LogP contribution in [0.5, 0.6) is 5.75 Å². The van der Waals surface area contributed by atoms with Crippen molar-refractivity contribution < 1.29 is 14.3 Å². The van der Waals surface area contributed by atoms with Crippen LogP contribution in [-0.4, -0.2) is 38.2 Å². The third-order valence-electron chi connectivity index (χ3n) is 3.45. The normalized spacial score (nSPS) is 20.1. The van der Waals surface area contributed by atoms with Crippen LogP contribution in [0.2, 0.25) is 0 Å². The molecule has 0 radical (unpaired) electrons. The van der Waals surface area contributed by atoms with Crippen LogP contribution in [0.25, 0.3) is 0 Å². The van der Waals surface area contributed by atoms with Crippen LogP contribution in [-0.2, 0) is 9.53 Å². The number of ketones is 1. The zero-order chi connectivity index (χ0) is 14.4. The Morgan fingerprint density at radius 1 is 1.55 bits per heavy atom. The lowest BCUT2D eigenvalue weighted by Crippen LogP contribution is -2.48. The minimum atomic E-state index is -0.246. The van der Waals surface area contributed by atoms with Crippen LogP contribution < -0.4 is 10.1 Å². The van der Waals surface area contributed by atoms with Gasteiger partial charge in [0.2, 0.25) is 0 Å². The number of ether oxygens (including phenoxy) is 2. The monoisotopic (exact) mass is 275 g/mol. The molecule has 1 aliphatic rings. The van der Waals surface area contributed by atoms with Gasteiger partial charge in [0.15, 0.2) is 5.78 Å². The molecule has 1 saturated heterocycles. The Hall–Kier alpha value is -1.65. The third kappa shape index (κ3) is 3.92. The van der Waals surface area contributed by atoms with Gasteiger partial charge in [-0.05, 0) is 23.6 Å². The lowest BCUT2D eigenvalue weighted by molar-refractivity contribution is -0.125. The van der Waals surface area contributed by atoms with E-state index in [1.54, 1.807) is 0 Å². The molecule has 0 aromatic heterocycles. The molecule has 2 rings (SSSR count). The maximum Gasteiger partial charge on any atom is 0.189 e. The third-order valence-corrected chi connectivity index (χ3v) is 3.45. The van der Waals surface area contributed by atoms with Crippen molar-refractivity contribution in [2.45, 2.75) is 18.9 Å². The lowest BCUT2D eigenvalue weighted by Gasteiger charge is -2.22. The zero-order valence-electron chi connectivity index (χ0n) is 11.8. The summed E-state index contributed by atoms with van der Waals surface area (Å²) in [5, 5.41) is 3.12. The van der Waals surface area contributed by atoms with Gasteiger partial charge in [-0.15, -0.1) is 6.58 Å². The van der Waals surface area contributed by atoms with Gasteiger partial charge < -0.3 is 14.8 Å². The lowest BCUT2D eigenvalue weighted by atomic mass is 10.0. The van der Waals surface area contributed by atoms with Crippen molar-refractivity contribution in [1.82, 2.24) is 5.32 Å². The highest BCUT2D eigenvalue weighted by molar-refractivity contribution is 5.85. The van der Waals surface area contributed by atoms with E-state index in [1.165, 1.54) is 5.56 Å². The minimum Gasteiger partial charge on any atom is -0.486 e. The average Bonchev–Trinajstić information content (AvgIpc) is 2.53. The highest BCUT2D eigenvalue weighted by atomic mass is 16.5. The van der Waals surface area contributed by atoms with E-state index >= 15 is 0 Å². The van der Waals surface area contributed by atoms with E-state index in [0.29, 0.717) is 31.4 Å². The van der Waals surface area contributed by atoms with Crippen molar-refractivity contribution in [2.24, 2.45) is 0 Å². The molecule has 1 aromatic carbocycles. The molecule has 1 heterocycles. The molecule has 1 aliphatic heterocycles. The summed E-state index contributed by atoms with van der Waals surface area (Å²) in [6.07, 6.45) is 1.90. The van der Waals surface area contributed by atoms with E-state index in [0.717, 1.165) is 0 Å². The molecule has 0 saturated carbocycles. The van der Waals surface area contributed by atoms with Crippen molar-refractivity contribution in [1.29, 1.82) is 0 Å². The van der Waals surface area contributed by atoms with E-state index in [4.69, 9.17) is 9.47 Å². The van der Waals surface area contributed by atoms with E-state index < -0.39 is 0 Å².